The number of benzene rings is 4. The minimum atomic E-state index is 0.624. The topological polar surface area (TPSA) is 52.5 Å². The van der Waals surface area contributed by atoms with Crippen LogP contribution in [0.5, 0.6) is 0 Å². The Hall–Kier alpha value is -3.90. The summed E-state index contributed by atoms with van der Waals surface area (Å²) in [6.45, 7) is 3.21. The molecule has 0 bridgehead atoms. The predicted octanol–water partition coefficient (Wildman–Crippen LogP) is 11.8. The molecule has 0 radical (unpaired) electrons. The Morgan fingerprint density at radius 3 is 1.51 bits per heavy atom. The van der Waals surface area contributed by atoms with Crippen LogP contribution in [-0.4, -0.2) is 4.57 Å². The number of hydrogen-bond donors (Lipinski definition) is 0. The van der Waals surface area contributed by atoms with Crippen LogP contribution >= 0.6 is 31.9 Å². The lowest BCUT2D eigenvalue weighted by atomic mass is 10.0. The SMILES string of the molecule is CCCCCCCCn1c2ccc(/C=C(\C#N)c3ccc(Br)cc3)cc2c2cc(/C=C(\C#N)c3ccc(Br)cc3)ccc21. The minimum Gasteiger partial charge on any atom is -0.340 e. The first-order chi connectivity index (χ1) is 21.0. The summed E-state index contributed by atoms with van der Waals surface area (Å²) in [5.41, 5.74) is 7.38. The van der Waals surface area contributed by atoms with Crippen molar-refractivity contribution in [3.05, 3.63) is 116 Å². The van der Waals surface area contributed by atoms with E-state index in [0.29, 0.717) is 11.1 Å². The lowest BCUT2D eigenvalue weighted by Gasteiger charge is -2.08. The number of hydrogen-bond acceptors (Lipinski definition) is 2. The van der Waals surface area contributed by atoms with Crippen LogP contribution in [0.3, 0.4) is 0 Å². The van der Waals surface area contributed by atoms with Crippen LogP contribution in [-0.2, 0) is 6.54 Å². The van der Waals surface area contributed by atoms with Gasteiger partial charge in [0.1, 0.15) is 0 Å². The van der Waals surface area contributed by atoms with Gasteiger partial charge in [-0.25, -0.2) is 0 Å². The molecule has 5 rings (SSSR count). The number of fused-ring (bicyclic) bond motifs is 3. The molecule has 0 aliphatic rings. The van der Waals surface area contributed by atoms with Gasteiger partial charge in [0.05, 0.1) is 23.3 Å². The highest BCUT2D eigenvalue weighted by Gasteiger charge is 2.13. The van der Waals surface area contributed by atoms with E-state index in [0.717, 1.165) is 54.9 Å². The number of allylic oxidation sites excluding steroid dienone is 2. The third kappa shape index (κ3) is 7.37. The van der Waals surface area contributed by atoms with Crippen LogP contribution in [0.2, 0.25) is 0 Å². The van der Waals surface area contributed by atoms with Gasteiger partial charge in [-0.3, -0.25) is 0 Å². The molecule has 0 saturated carbocycles. The van der Waals surface area contributed by atoms with Crippen molar-refractivity contribution in [3.8, 4) is 12.1 Å². The Bertz CT molecular complexity index is 1750. The zero-order valence-electron chi connectivity index (χ0n) is 24.3. The molecule has 5 aromatic rings. The van der Waals surface area contributed by atoms with Crippen molar-refractivity contribution in [1.29, 1.82) is 10.5 Å². The van der Waals surface area contributed by atoms with Gasteiger partial charge in [0.15, 0.2) is 0 Å². The van der Waals surface area contributed by atoms with Gasteiger partial charge in [-0.1, -0.05) is 107 Å². The lowest BCUT2D eigenvalue weighted by molar-refractivity contribution is 0.571. The van der Waals surface area contributed by atoms with Crippen molar-refractivity contribution in [1.82, 2.24) is 4.57 Å². The summed E-state index contributed by atoms with van der Waals surface area (Å²) in [7, 11) is 0. The second-order valence-corrected chi connectivity index (χ2v) is 12.7. The number of nitrogens with zero attached hydrogens (tertiary/aromatic N) is 3. The van der Waals surface area contributed by atoms with Crippen molar-refractivity contribution in [3.63, 3.8) is 0 Å². The van der Waals surface area contributed by atoms with Crippen molar-refractivity contribution in [2.75, 3.05) is 0 Å². The summed E-state index contributed by atoms with van der Waals surface area (Å²) < 4.78 is 4.40. The minimum absolute atomic E-state index is 0.624. The molecule has 5 heteroatoms. The van der Waals surface area contributed by atoms with Crippen LogP contribution in [0.15, 0.2) is 93.9 Å². The van der Waals surface area contributed by atoms with E-state index >= 15 is 0 Å². The van der Waals surface area contributed by atoms with Crippen LogP contribution < -0.4 is 0 Å². The Morgan fingerprint density at radius 1 is 0.628 bits per heavy atom. The molecule has 0 fully saturated rings. The van der Waals surface area contributed by atoms with Gasteiger partial charge in [-0.05, 0) is 89.4 Å². The fourth-order valence-corrected chi connectivity index (χ4v) is 6.09. The Balaban J connectivity index is 1.58. The number of aromatic nitrogens is 1. The molecule has 1 heterocycles. The molecule has 0 saturated heterocycles. The first-order valence-electron chi connectivity index (χ1n) is 14.8. The average molecular weight is 692 g/mol. The summed E-state index contributed by atoms with van der Waals surface area (Å²) >= 11 is 6.96. The largest absolute Gasteiger partial charge is 0.340 e. The third-order valence-corrected chi connectivity index (χ3v) is 8.88. The molecule has 0 spiro atoms. The van der Waals surface area contributed by atoms with Gasteiger partial charge >= 0.3 is 0 Å². The summed E-state index contributed by atoms with van der Waals surface area (Å²) in [6, 6.07) is 33.4. The van der Waals surface area contributed by atoms with Gasteiger partial charge in [0.2, 0.25) is 0 Å². The fraction of sp³-hybridized carbons (Fsp3) is 0.211. The molecular weight excluding hydrogens is 658 g/mol. The van der Waals surface area contributed by atoms with E-state index in [4.69, 9.17) is 0 Å². The molecule has 0 amide bonds. The molecule has 0 atom stereocenters. The van der Waals surface area contributed by atoms with Crippen LogP contribution in [0.4, 0.5) is 0 Å². The number of unbranched alkanes of at least 4 members (excludes halogenated alkanes) is 5. The molecule has 1 aromatic heterocycles. The molecule has 0 unspecified atom stereocenters. The Morgan fingerprint density at radius 2 is 1.07 bits per heavy atom. The van der Waals surface area contributed by atoms with Crippen molar-refractivity contribution in [2.45, 2.75) is 52.0 Å². The highest BCUT2D eigenvalue weighted by molar-refractivity contribution is 9.10. The molecular formula is C38H33Br2N3. The summed E-state index contributed by atoms with van der Waals surface area (Å²) in [6.07, 6.45) is 11.4. The zero-order valence-corrected chi connectivity index (χ0v) is 27.5. The molecule has 4 aromatic carbocycles. The van der Waals surface area contributed by atoms with Crippen molar-refractivity contribution in [2.24, 2.45) is 0 Å². The lowest BCUT2D eigenvalue weighted by Crippen LogP contribution is -1.98. The summed E-state index contributed by atoms with van der Waals surface area (Å²) in [5.74, 6) is 0. The molecule has 43 heavy (non-hydrogen) atoms. The van der Waals surface area contributed by atoms with Gasteiger partial charge in [-0.2, -0.15) is 10.5 Å². The maximum Gasteiger partial charge on any atom is 0.0998 e. The Labute approximate surface area is 271 Å². The number of halogens is 2. The van der Waals surface area contributed by atoms with Crippen LogP contribution in [0.1, 0.15) is 67.7 Å². The van der Waals surface area contributed by atoms with Gasteiger partial charge < -0.3 is 4.57 Å². The summed E-state index contributed by atoms with van der Waals surface area (Å²) in [5, 5.41) is 22.2. The molecule has 0 aliphatic heterocycles. The first kappa shape index (κ1) is 30.6. The molecule has 3 nitrogen and oxygen atoms in total. The molecule has 0 N–H and O–H groups in total. The number of aryl methyl sites for hydroxylation is 1. The van der Waals surface area contributed by atoms with Crippen molar-refractivity contribution >= 4 is 77.0 Å². The quantitative estimate of drug-likeness (QED) is 0.0786. The maximum atomic E-state index is 9.96. The highest BCUT2D eigenvalue weighted by atomic mass is 79.9. The Kier molecular flexibility index (Phi) is 10.3. The van der Waals surface area contributed by atoms with E-state index in [2.05, 4.69) is 91.9 Å². The second kappa shape index (κ2) is 14.5. The van der Waals surface area contributed by atoms with Crippen LogP contribution in [0.25, 0.3) is 45.1 Å². The smallest absolute Gasteiger partial charge is 0.0998 e. The van der Waals surface area contributed by atoms with E-state index in [1.165, 1.54) is 43.1 Å². The first-order valence-corrected chi connectivity index (χ1v) is 16.4. The van der Waals surface area contributed by atoms with Crippen LogP contribution in [0, 0.1) is 22.7 Å². The van der Waals surface area contributed by atoms with E-state index in [1.807, 2.05) is 60.7 Å². The number of rotatable bonds is 11. The summed E-state index contributed by atoms with van der Waals surface area (Å²) in [4.78, 5) is 0. The normalized spacial score (nSPS) is 12.0. The average Bonchev–Trinajstić information content (AvgIpc) is 3.33. The van der Waals surface area contributed by atoms with E-state index in [-0.39, 0.29) is 0 Å². The van der Waals surface area contributed by atoms with Gasteiger partial charge in [0, 0.05) is 37.3 Å². The fourth-order valence-electron chi connectivity index (χ4n) is 5.56. The van der Waals surface area contributed by atoms with Gasteiger partial charge in [0.25, 0.3) is 0 Å². The van der Waals surface area contributed by atoms with E-state index in [9.17, 15) is 10.5 Å². The van der Waals surface area contributed by atoms with Crippen molar-refractivity contribution < 1.29 is 0 Å². The number of nitriles is 2. The predicted molar refractivity (Wildman–Crippen MR) is 188 cm³/mol. The monoisotopic (exact) mass is 689 g/mol. The molecule has 0 aliphatic carbocycles. The standard InChI is InChI=1S/C38H33Br2N3/c1-2-3-4-5-6-7-20-43-37-18-8-27(21-31(25-41)29-10-14-33(39)15-11-29)23-35(37)36-24-28(9-19-38(36)43)22-32(26-42)30-12-16-34(40)17-13-30/h8-19,21-24H,2-7,20H2,1H3/b31-21+,32-22+. The third-order valence-electron chi connectivity index (χ3n) is 7.82. The molecule has 214 valence electrons. The van der Waals surface area contributed by atoms with E-state index < -0.39 is 0 Å². The van der Waals surface area contributed by atoms with Gasteiger partial charge in [-0.15, -0.1) is 0 Å². The maximum absolute atomic E-state index is 9.96. The second-order valence-electron chi connectivity index (χ2n) is 10.8. The highest BCUT2D eigenvalue weighted by Crippen LogP contribution is 2.33. The van der Waals surface area contributed by atoms with E-state index in [1.54, 1.807) is 0 Å². The zero-order chi connectivity index (χ0) is 30.2.